The van der Waals surface area contributed by atoms with E-state index >= 15 is 0 Å². The van der Waals surface area contributed by atoms with Gasteiger partial charge in [-0.15, -0.1) is 0 Å². The van der Waals surface area contributed by atoms with Gasteiger partial charge in [-0.3, -0.25) is 9.59 Å². The number of carbonyl (C=O) groups is 2. The fourth-order valence-electron chi connectivity index (χ4n) is 7.15. The summed E-state index contributed by atoms with van der Waals surface area (Å²) in [6, 6.07) is -0.330. The van der Waals surface area contributed by atoms with Gasteiger partial charge in [0.2, 0.25) is 0 Å². The van der Waals surface area contributed by atoms with Gasteiger partial charge < -0.3 is 44.1 Å². The number of hydrogen-bond donors (Lipinski definition) is 3. The molecule has 0 radical (unpaired) electrons. The third-order valence-electron chi connectivity index (χ3n) is 9.79. The molecule has 4 heterocycles. The number of ketones is 1. The SMILES string of the molecule is C=C1CO[C@H]2[C@@H](C)CN[C@H](C)C[C@@](C)(OC1)[C@H](O[C@@H]1O[C@H](C)C[C@H](N(C)C)[C@H]1O)[C@@H](C)C(=O)[C@@H](C)C(=O)O[C@H](CC)[C@@]2(C)O. The number of Topliss-reactive ketones (excluding diaryl/α,β-unsaturated/α-hetero) is 1. The maximum Gasteiger partial charge on any atom is 0.316 e. The summed E-state index contributed by atoms with van der Waals surface area (Å²) in [7, 11) is 3.80. The Labute approximate surface area is 263 Å². The van der Waals surface area contributed by atoms with E-state index in [2.05, 4.69) is 11.9 Å². The van der Waals surface area contributed by atoms with E-state index in [1.54, 1.807) is 13.8 Å². The van der Waals surface area contributed by atoms with Gasteiger partial charge in [-0.2, -0.15) is 0 Å². The normalized spacial score (nSPS) is 45.6. The Morgan fingerprint density at radius 3 is 2.39 bits per heavy atom. The van der Waals surface area contributed by atoms with Gasteiger partial charge >= 0.3 is 5.97 Å². The summed E-state index contributed by atoms with van der Waals surface area (Å²) < 4.78 is 31.6. The van der Waals surface area contributed by atoms with Gasteiger partial charge in [0.15, 0.2) is 12.1 Å². The van der Waals surface area contributed by atoms with Gasteiger partial charge in [0.1, 0.15) is 23.7 Å². The minimum Gasteiger partial charge on any atom is -0.459 e. The number of aliphatic hydroxyl groups excluding tert-OH is 1. The molecule has 0 aliphatic carbocycles. The molecule has 0 aromatic heterocycles. The Balaban J connectivity index is 2.15. The Morgan fingerprint density at radius 1 is 1.11 bits per heavy atom. The predicted molar refractivity (Wildman–Crippen MR) is 166 cm³/mol. The lowest BCUT2D eigenvalue weighted by molar-refractivity contribution is -0.296. The van der Waals surface area contributed by atoms with Crippen molar-refractivity contribution in [2.45, 2.75) is 135 Å². The number of rotatable bonds is 4. The van der Waals surface area contributed by atoms with E-state index in [1.807, 2.05) is 53.6 Å². The van der Waals surface area contributed by atoms with Crippen LogP contribution < -0.4 is 5.32 Å². The molecule has 0 unspecified atom stereocenters. The molecule has 0 amide bonds. The third-order valence-corrected chi connectivity index (χ3v) is 9.79. The molecule has 254 valence electrons. The Hall–Kier alpha value is -1.44. The molecule has 4 aliphatic rings. The minimum atomic E-state index is -1.55. The highest BCUT2D eigenvalue weighted by Crippen LogP contribution is 2.37. The van der Waals surface area contributed by atoms with Crippen LogP contribution in [0.4, 0.5) is 0 Å². The maximum absolute atomic E-state index is 14.1. The number of nitrogens with one attached hydrogen (secondary N) is 1. The molecule has 3 N–H and O–H groups in total. The van der Waals surface area contributed by atoms with Gasteiger partial charge in [-0.25, -0.2) is 0 Å². The van der Waals surface area contributed by atoms with Crippen molar-refractivity contribution < 1.29 is 43.5 Å². The van der Waals surface area contributed by atoms with Crippen LogP contribution in [0.2, 0.25) is 0 Å². The van der Waals surface area contributed by atoms with Gasteiger partial charge in [0, 0.05) is 24.5 Å². The van der Waals surface area contributed by atoms with Crippen LogP contribution in [-0.4, -0.2) is 121 Å². The molecular weight excluding hydrogens is 568 g/mol. The monoisotopic (exact) mass is 626 g/mol. The Kier molecular flexibility index (Phi) is 12.6. The van der Waals surface area contributed by atoms with Gasteiger partial charge in [0.05, 0.1) is 37.1 Å². The van der Waals surface area contributed by atoms with Crippen LogP contribution >= 0.6 is 0 Å². The van der Waals surface area contributed by atoms with Crippen molar-refractivity contribution in [3.8, 4) is 0 Å². The van der Waals surface area contributed by atoms with Crippen molar-refractivity contribution in [3.05, 3.63) is 12.2 Å². The molecule has 4 rings (SSSR count). The van der Waals surface area contributed by atoms with Crippen LogP contribution in [0.25, 0.3) is 0 Å². The number of nitrogens with zero attached hydrogens (tertiary/aromatic N) is 1. The van der Waals surface area contributed by atoms with Gasteiger partial charge in [0.25, 0.3) is 0 Å². The summed E-state index contributed by atoms with van der Waals surface area (Å²) >= 11 is 0. The van der Waals surface area contributed by atoms with Crippen molar-refractivity contribution in [1.29, 1.82) is 0 Å². The molecular formula is C33H58N2O9. The Bertz CT molecular complexity index is 1010. The van der Waals surface area contributed by atoms with E-state index in [0.29, 0.717) is 31.4 Å². The van der Waals surface area contributed by atoms with Crippen LogP contribution in [0.1, 0.15) is 74.7 Å². The van der Waals surface area contributed by atoms with Crippen molar-refractivity contribution in [1.82, 2.24) is 10.2 Å². The third kappa shape index (κ3) is 8.28. The first-order chi connectivity index (χ1) is 20.4. The van der Waals surface area contributed by atoms with Crippen molar-refractivity contribution in [2.24, 2.45) is 17.8 Å². The average molecular weight is 627 g/mol. The van der Waals surface area contributed by atoms with Crippen molar-refractivity contribution >= 4 is 11.8 Å². The molecule has 2 bridgehead atoms. The smallest absolute Gasteiger partial charge is 0.316 e. The summed E-state index contributed by atoms with van der Waals surface area (Å²) in [5.41, 5.74) is -1.99. The van der Waals surface area contributed by atoms with Crippen LogP contribution in [0.5, 0.6) is 0 Å². The van der Waals surface area contributed by atoms with Crippen molar-refractivity contribution in [3.63, 3.8) is 0 Å². The van der Waals surface area contributed by atoms with Crippen LogP contribution in [0, 0.1) is 17.8 Å². The number of fused-ring (bicyclic) bond motifs is 15. The highest BCUT2D eigenvalue weighted by atomic mass is 16.7. The van der Waals surface area contributed by atoms with E-state index in [9.17, 15) is 19.8 Å². The lowest BCUT2D eigenvalue weighted by Gasteiger charge is -2.47. The molecule has 0 saturated carbocycles. The zero-order chi connectivity index (χ0) is 33.1. The van der Waals surface area contributed by atoms with E-state index in [-0.39, 0.29) is 37.3 Å². The molecule has 4 fully saturated rings. The summed E-state index contributed by atoms with van der Waals surface area (Å²) in [5, 5.41) is 26.8. The van der Waals surface area contributed by atoms with Crippen LogP contribution in [-0.2, 0) is 33.3 Å². The number of hydrogen-bond acceptors (Lipinski definition) is 11. The number of esters is 1. The molecule has 13 atom stereocenters. The molecule has 0 aromatic rings. The van der Waals surface area contributed by atoms with E-state index in [4.69, 9.17) is 23.7 Å². The van der Waals surface area contributed by atoms with Crippen LogP contribution in [0.15, 0.2) is 12.2 Å². The highest BCUT2D eigenvalue weighted by Gasteiger charge is 2.51. The number of aliphatic hydroxyl groups is 2. The Morgan fingerprint density at radius 2 is 1.77 bits per heavy atom. The highest BCUT2D eigenvalue weighted by molar-refractivity contribution is 6.00. The molecule has 44 heavy (non-hydrogen) atoms. The predicted octanol–water partition coefficient (Wildman–Crippen LogP) is 2.46. The standard InChI is InChI=1S/C33H58N2O9/c1-12-25-33(9,39)28-19(3)15-34-20(4)14-32(8,41-17-18(2)16-40-28)29(22(6)26(36)23(7)30(38)43-25)44-31-27(37)24(35(10)11)13-21(5)42-31/h19-25,27-29,31,34,37,39H,2,12-17H2,1,3-11H3/t19-,20+,21+,22-,23+,24-,25+,27+,28-,29+,31-,32+,33+/m0/s1. The lowest BCUT2D eigenvalue weighted by atomic mass is 9.79. The number of ether oxygens (including phenoxy) is 5. The fraction of sp³-hybridized carbons (Fsp3) is 0.879. The van der Waals surface area contributed by atoms with Crippen molar-refractivity contribution in [2.75, 3.05) is 33.9 Å². The quantitative estimate of drug-likeness (QED) is 0.241. The number of likely N-dealkylation sites (N-methyl/N-ethyl adjacent to an activating group) is 1. The second-order valence-corrected chi connectivity index (χ2v) is 14.2. The second kappa shape index (κ2) is 15.0. The molecule has 11 heteroatoms. The minimum absolute atomic E-state index is 0.109. The number of carbonyl (C=O) groups excluding carboxylic acids is 2. The largest absolute Gasteiger partial charge is 0.459 e. The summed E-state index contributed by atoms with van der Waals surface area (Å²) in [6.45, 7) is 19.4. The van der Waals surface area contributed by atoms with E-state index in [1.165, 1.54) is 6.92 Å². The molecule has 4 saturated heterocycles. The average Bonchev–Trinajstić information content (AvgIpc) is 2.95. The molecule has 0 aromatic carbocycles. The first-order valence-corrected chi connectivity index (χ1v) is 16.2. The van der Waals surface area contributed by atoms with E-state index < -0.39 is 65.5 Å². The first-order valence-electron chi connectivity index (χ1n) is 16.2. The second-order valence-electron chi connectivity index (χ2n) is 14.2. The first kappa shape index (κ1) is 37.0. The lowest BCUT2D eigenvalue weighted by Crippen LogP contribution is -2.60. The van der Waals surface area contributed by atoms with Crippen LogP contribution in [0.3, 0.4) is 0 Å². The van der Waals surface area contributed by atoms with E-state index in [0.717, 1.165) is 0 Å². The fourth-order valence-corrected chi connectivity index (χ4v) is 7.15. The zero-order valence-corrected chi connectivity index (χ0v) is 28.5. The zero-order valence-electron chi connectivity index (χ0n) is 28.5. The summed E-state index contributed by atoms with van der Waals surface area (Å²) in [6.07, 6.45) is -3.39. The van der Waals surface area contributed by atoms with Gasteiger partial charge in [-0.05, 0) is 79.5 Å². The summed E-state index contributed by atoms with van der Waals surface area (Å²) in [4.78, 5) is 29.5. The van der Waals surface area contributed by atoms with Gasteiger partial charge in [-0.1, -0.05) is 27.4 Å². The molecule has 11 nitrogen and oxygen atoms in total. The maximum atomic E-state index is 14.1. The summed E-state index contributed by atoms with van der Waals surface area (Å²) in [5.74, 6) is -3.29. The molecule has 0 spiro atoms. The molecule has 4 aliphatic heterocycles. The topological polar surface area (TPSA) is 136 Å².